The molecule has 19 heavy (non-hydrogen) atoms. The van der Waals surface area contributed by atoms with Gasteiger partial charge >= 0.3 is 12.1 Å². The quantitative estimate of drug-likeness (QED) is 0.548. The minimum absolute atomic E-state index is 0.295. The monoisotopic (exact) mass is 284 g/mol. The maximum atomic E-state index is 12.1. The fourth-order valence-electron chi connectivity index (χ4n) is 1.13. The standard InChI is InChI=1S/C13H23F3O3/c1-6-9(2)10(17)19-11(12(3,4)5)18-8-7-13(14,15)16/h9,11H,6-8H2,1-5H3. The van der Waals surface area contributed by atoms with E-state index in [1.54, 1.807) is 27.7 Å². The lowest BCUT2D eigenvalue weighted by Crippen LogP contribution is -2.36. The molecule has 0 N–H and O–H groups in total. The maximum Gasteiger partial charge on any atom is 0.391 e. The van der Waals surface area contributed by atoms with E-state index in [1.165, 1.54) is 0 Å². The largest absolute Gasteiger partial charge is 0.435 e. The second-order valence-electron chi connectivity index (χ2n) is 5.68. The van der Waals surface area contributed by atoms with Crippen molar-refractivity contribution in [3.05, 3.63) is 0 Å². The fraction of sp³-hybridized carbons (Fsp3) is 0.923. The highest BCUT2D eigenvalue weighted by Gasteiger charge is 2.33. The molecule has 0 amide bonds. The molecule has 0 aliphatic heterocycles. The fourth-order valence-corrected chi connectivity index (χ4v) is 1.13. The third-order valence-electron chi connectivity index (χ3n) is 2.60. The Hall–Kier alpha value is -0.780. The Bertz CT molecular complexity index is 282. The number of rotatable bonds is 6. The van der Waals surface area contributed by atoms with Crippen molar-refractivity contribution >= 4 is 5.97 Å². The normalized spacial score (nSPS) is 16.0. The molecule has 6 heteroatoms. The van der Waals surface area contributed by atoms with Crippen LogP contribution in [0.3, 0.4) is 0 Å². The maximum absolute atomic E-state index is 12.1. The van der Waals surface area contributed by atoms with Crippen LogP contribution in [0.1, 0.15) is 47.5 Å². The van der Waals surface area contributed by atoms with E-state index in [-0.39, 0.29) is 5.92 Å². The van der Waals surface area contributed by atoms with Gasteiger partial charge in [0, 0.05) is 5.41 Å². The van der Waals surface area contributed by atoms with Crippen LogP contribution in [0, 0.1) is 11.3 Å². The third kappa shape index (κ3) is 8.08. The predicted molar refractivity (Wildman–Crippen MR) is 65.4 cm³/mol. The van der Waals surface area contributed by atoms with E-state index in [2.05, 4.69) is 0 Å². The Labute approximate surface area is 112 Å². The average molecular weight is 284 g/mol. The number of hydrogen-bond donors (Lipinski definition) is 0. The number of ether oxygens (including phenoxy) is 2. The van der Waals surface area contributed by atoms with Gasteiger partial charge in [0.15, 0.2) is 0 Å². The van der Waals surface area contributed by atoms with E-state index in [1.807, 2.05) is 6.92 Å². The molecule has 0 aliphatic carbocycles. The first-order chi connectivity index (χ1) is 8.47. The van der Waals surface area contributed by atoms with Gasteiger partial charge in [-0.05, 0) is 6.42 Å². The van der Waals surface area contributed by atoms with Crippen LogP contribution in [0.15, 0.2) is 0 Å². The Morgan fingerprint density at radius 1 is 1.21 bits per heavy atom. The lowest BCUT2D eigenvalue weighted by atomic mass is 9.95. The molecule has 0 spiro atoms. The summed E-state index contributed by atoms with van der Waals surface area (Å²) < 4.78 is 46.4. The first-order valence-corrected chi connectivity index (χ1v) is 6.36. The summed E-state index contributed by atoms with van der Waals surface area (Å²) in [6.45, 7) is 8.26. The Kier molecular flexibility index (Phi) is 6.83. The van der Waals surface area contributed by atoms with Crippen molar-refractivity contribution < 1.29 is 27.4 Å². The lowest BCUT2D eigenvalue weighted by molar-refractivity contribution is -0.218. The zero-order valence-corrected chi connectivity index (χ0v) is 12.1. The summed E-state index contributed by atoms with van der Waals surface area (Å²) in [6, 6.07) is 0. The van der Waals surface area contributed by atoms with Gasteiger partial charge in [0.05, 0.1) is 18.9 Å². The summed E-state index contributed by atoms with van der Waals surface area (Å²) in [7, 11) is 0. The highest BCUT2D eigenvalue weighted by molar-refractivity contribution is 5.72. The zero-order chi connectivity index (χ0) is 15.3. The van der Waals surface area contributed by atoms with Crippen molar-refractivity contribution in [2.45, 2.75) is 59.9 Å². The molecule has 0 bridgehead atoms. The summed E-state index contributed by atoms with van der Waals surface area (Å²) in [5.74, 6) is -0.745. The van der Waals surface area contributed by atoms with Gasteiger partial charge < -0.3 is 9.47 Å². The first kappa shape index (κ1) is 18.2. The zero-order valence-electron chi connectivity index (χ0n) is 12.1. The van der Waals surface area contributed by atoms with E-state index >= 15 is 0 Å². The Balaban J connectivity index is 4.46. The molecular weight excluding hydrogens is 261 g/mol. The first-order valence-electron chi connectivity index (χ1n) is 6.36. The SMILES string of the molecule is CCC(C)C(=O)OC(OCCC(F)(F)F)C(C)(C)C. The molecule has 0 heterocycles. The molecule has 2 unspecified atom stereocenters. The summed E-state index contributed by atoms with van der Waals surface area (Å²) in [5, 5.41) is 0. The van der Waals surface area contributed by atoms with Crippen LogP contribution in [0.25, 0.3) is 0 Å². The van der Waals surface area contributed by atoms with E-state index in [9.17, 15) is 18.0 Å². The highest BCUT2D eigenvalue weighted by atomic mass is 19.4. The summed E-state index contributed by atoms with van der Waals surface area (Å²) in [6.07, 6.45) is -5.70. The molecule has 0 fully saturated rings. The van der Waals surface area contributed by atoms with Crippen molar-refractivity contribution in [2.75, 3.05) is 6.61 Å². The topological polar surface area (TPSA) is 35.5 Å². The van der Waals surface area contributed by atoms with E-state index < -0.39 is 36.9 Å². The van der Waals surface area contributed by atoms with Crippen LogP contribution < -0.4 is 0 Å². The molecule has 0 aromatic carbocycles. The van der Waals surface area contributed by atoms with Gasteiger partial charge in [-0.25, -0.2) is 0 Å². The van der Waals surface area contributed by atoms with Gasteiger partial charge in [-0.2, -0.15) is 13.2 Å². The molecular formula is C13H23F3O3. The smallest absolute Gasteiger partial charge is 0.391 e. The molecule has 0 aromatic rings. The van der Waals surface area contributed by atoms with Crippen molar-refractivity contribution in [1.82, 2.24) is 0 Å². The second-order valence-corrected chi connectivity index (χ2v) is 5.68. The molecule has 0 rings (SSSR count). The lowest BCUT2D eigenvalue weighted by Gasteiger charge is -2.30. The summed E-state index contributed by atoms with van der Waals surface area (Å²) >= 11 is 0. The number of halogens is 3. The minimum atomic E-state index is -4.27. The Morgan fingerprint density at radius 2 is 1.74 bits per heavy atom. The Morgan fingerprint density at radius 3 is 2.11 bits per heavy atom. The molecule has 0 saturated heterocycles. The van der Waals surface area contributed by atoms with Crippen LogP contribution in [0.2, 0.25) is 0 Å². The van der Waals surface area contributed by atoms with Gasteiger partial charge in [0.2, 0.25) is 6.29 Å². The molecule has 0 saturated carbocycles. The van der Waals surface area contributed by atoms with Gasteiger partial charge in [0.25, 0.3) is 0 Å². The number of esters is 1. The van der Waals surface area contributed by atoms with Crippen molar-refractivity contribution in [3.8, 4) is 0 Å². The number of alkyl halides is 3. The van der Waals surface area contributed by atoms with Crippen molar-refractivity contribution in [1.29, 1.82) is 0 Å². The van der Waals surface area contributed by atoms with E-state index in [0.29, 0.717) is 6.42 Å². The van der Waals surface area contributed by atoms with Crippen LogP contribution in [-0.2, 0) is 14.3 Å². The highest BCUT2D eigenvalue weighted by Crippen LogP contribution is 2.26. The van der Waals surface area contributed by atoms with Gasteiger partial charge in [-0.1, -0.05) is 34.6 Å². The van der Waals surface area contributed by atoms with Crippen LogP contribution in [0.5, 0.6) is 0 Å². The summed E-state index contributed by atoms with van der Waals surface area (Å²) in [4.78, 5) is 11.7. The molecule has 0 aliphatic rings. The van der Waals surface area contributed by atoms with Gasteiger partial charge in [0.1, 0.15) is 0 Å². The minimum Gasteiger partial charge on any atom is -0.435 e. The van der Waals surface area contributed by atoms with Crippen LogP contribution >= 0.6 is 0 Å². The number of carbonyl (C=O) groups excluding carboxylic acids is 1. The van der Waals surface area contributed by atoms with E-state index in [0.717, 1.165) is 0 Å². The second kappa shape index (κ2) is 7.12. The molecule has 3 nitrogen and oxygen atoms in total. The average Bonchev–Trinajstić information content (AvgIpc) is 2.23. The third-order valence-corrected chi connectivity index (χ3v) is 2.60. The van der Waals surface area contributed by atoms with Crippen LogP contribution in [0.4, 0.5) is 13.2 Å². The van der Waals surface area contributed by atoms with Gasteiger partial charge in [-0.3, -0.25) is 4.79 Å². The molecule has 114 valence electrons. The molecule has 2 atom stereocenters. The van der Waals surface area contributed by atoms with E-state index in [4.69, 9.17) is 9.47 Å². The molecule has 0 radical (unpaired) electrons. The van der Waals surface area contributed by atoms with Gasteiger partial charge in [-0.15, -0.1) is 0 Å². The number of hydrogen-bond acceptors (Lipinski definition) is 3. The van der Waals surface area contributed by atoms with Crippen molar-refractivity contribution in [3.63, 3.8) is 0 Å². The number of carbonyl (C=O) groups is 1. The van der Waals surface area contributed by atoms with Crippen molar-refractivity contribution in [2.24, 2.45) is 11.3 Å². The summed E-state index contributed by atoms with van der Waals surface area (Å²) in [5.41, 5.74) is -0.575. The van der Waals surface area contributed by atoms with Crippen LogP contribution in [-0.4, -0.2) is 25.0 Å². The predicted octanol–water partition coefficient (Wildman–Crippen LogP) is 3.92. The molecule has 0 aromatic heterocycles.